The predicted molar refractivity (Wildman–Crippen MR) is 77.6 cm³/mol. The highest BCUT2D eigenvalue weighted by molar-refractivity contribution is 6.30. The van der Waals surface area contributed by atoms with Gasteiger partial charge in [-0.25, -0.2) is 0 Å². The number of hydrogen-bond acceptors (Lipinski definition) is 3. The van der Waals surface area contributed by atoms with Gasteiger partial charge < -0.3 is 10.2 Å². The summed E-state index contributed by atoms with van der Waals surface area (Å²) in [6, 6.07) is 0.598. The van der Waals surface area contributed by atoms with Gasteiger partial charge in [-0.1, -0.05) is 18.0 Å². The first-order valence-electron chi connectivity index (χ1n) is 7.41. The largest absolute Gasteiger partial charge is 0.341 e. The Labute approximate surface area is 124 Å². The monoisotopic (exact) mass is 296 g/mol. The van der Waals surface area contributed by atoms with Crippen molar-refractivity contribution in [3.63, 3.8) is 0 Å². The lowest BCUT2D eigenvalue weighted by Gasteiger charge is -2.38. The summed E-state index contributed by atoms with van der Waals surface area (Å²) in [5.74, 6) is 0.754. The van der Waals surface area contributed by atoms with Crippen LogP contribution in [-0.4, -0.2) is 46.3 Å². The molecule has 0 unspecified atom stereocenters. The lowest BCUT2D eigenvalue weighted by atomic mass is 9.89. The maximum absolute atomic E-state index is 12.3. The summed E-state index contributed by atoms with van der Waals surface area (Å²) in [4.78, 5) is 14.3. The van der Waals surface area contributed by atoms with Gasteiger partial charge in [0.15, 0.2) is 0 Å². The summed E-state index contributed by atoms with van der Waals surface area (Å²) in [6.45, 7) is 3.14. The number of aromatic nitrogens is 2. The second-order valence-corrected chi connectivity index (χ2v) is 6.24. The summed E-state index contributed by atoms with van der Waals surface area (Å²) < 4.78 is 1.61. The fraction of sp³-hybridized carbons (Fsp3) is 0.714. The van der Waals surface area contributed by atoms with Gasteiger partial charge in [0.1, 0.15) is 6.54 Å². The van der Waals surface area contributed by atoms with Gasteiger partial charge in [0.25, 0.3) is 0 Å². The minimum atomic E-state index is 0.146. The number of nitrogens with zero attached hydrogens (tertiary/aromatic N) is 3. The zero-order valence-corrected chi connectivity index (χ0v) is 12.4. The summed E-state index contributed by atoms with van der Waals surface area (Å²) in [7, 11) is 0. The van der Waals surface area contributed by atoms with Crippen molar-refractivity contribution in [1.29, 1.82) is 0 Å². The van der Waals surface area contributed by atoms with E-state index in [1.807, 2.05) is 4.90 Å². The van der Waals surface area contributed by atoms with Crippen molar-refractivity contribution < 1.29 is 4.79 Å². The highest BCUT2D eigenvalue weighted by Crippen LogP contribution is 2.25. The van der Waals surface area contributed by atoms with E-state index < -0.39 is 0 Å². The third-order valence-electron chi connectivity index (χ3n) is 4.39. The molecule has 110 valence electrons. The summed E-state index contributed by atoms with van der Waals surface area (Å²) in [5, 5.41) is 8.27. The van der Waals surface area contributed by atoms with E-state index in [0.717, 1.165) is 26.1 Å². The van der Waals surface area contributed by atoms with Crippen molar-refractivity contribution in [2.24, 2.45) is 5.92 Å². The van der Waals surface area contributed by atoms with Crippen molar-refractivity contribution >= 4 is 17.5 Å². The van der Waals surface area contributed by atoms with Crippen LogP contribution in [0.4, 0.5) is 0 Å². The Morgan fingerprint density at radius 2 is 2.35 bits per heavy atom. The number of likely N-dealkylation sites (tertiary alicyclic amines) is 1. The quantitative estimate of drug-likeness (QED) is 0.900. The Hall–Kier alpha value is -1.07. The number of amides is 1. The van der Waals surface area contributed by atoms with E-state index >= 15 is 0 Å². The smallest absolute Gasteiger partial charge is 0.244 e. The lowest BCUT2D eigenvalue weighted by molar-refractivity contribution is -0.134. The minimum Gasteiger partial charge on any atom is -0.341 e. The van der Waals surface area contributed by atoms with E-state index in [4.69, 9.17) is 11.6 Å². The van der Waals surface area contributed by atoms with Gasteiger partial charge in [-0.15, -0.1) is 0 Å². The summed E-state index contributed by atoms with van der Waals surface area (Å²) in [5.41, 5.74) is 0. The summed E-state index contributed by atoms with van der Waals surface area (Å²) >= 11 is 5.82. The third kappa shape index (κ3) is 3.15. The van der Waals surface area contributed by atoms with Crippen molar-refractivity contribution in [3.8, 4) is 0 Å². The number of hydrogen-bond donors (Lipinski definition) is 1. The zero-order valence-electron chi connectivity index (χ0n) is 11.6. The number of halogens is 1. The highest BCUT2D eigenvalue weighted by atomic mass is 35.5. The van der Waals surface area contributed by atoms with Crippen molar-refractivity contribution in [1.82, 2.24) is 20.0 Å². The van der Waals surface area contributed by atoms with Gasteiger partial charge >= 0.3 is 0 Å². The van der Waals surface area contributed by atoms with Crippen LogP contribution in [0.2, 0.25) is 5.02 Å². The van der Waals surface area contributed by atoms with Crippen LogP contribution in [-0.2, 0) is 11.3 Å². The number of nitrogens with one attached hydrogen (secondary N) is 1. The zero-order chi connectivity index (χ0) is 13.9. The van der Waals surface area contributed by atoms with E-state index in [9.17, 15) is 4.79 Å². The number of piperidine rings is 1. The van der Waals surface area contributed by atoms with Gasteiger partial charge in [-0.2, -0.15) is 5.10 Å². The van der Waals surface area contributed by atoms with Crippen LogP contribution in [0.1, 0.15) is 25.7 Å². The average molecular weight is 297 g/mol. The Morgan fingerprint density at radius 1 is 1.45 bits per heavy atom. The molecule has 3 rings (SSSR count). The van der Waals surface area contributed by atoms with E-state index in [0.29, 0.717) is 17.0 Å². The van der Waals surface area contributed by atoms with Crippen molar-refractivity contribution in [2.45, 2.75) is 38.3 Å². The maximum atomic E-state index is 12.3. The normalized spacial score (nSPS) is 26.9. The molecule has 0 saturated carbocycles. The van der Waals surface area contributed by atoms with Crippen LogP contribution < -0.4 is 5.32 Å². The Bertz CT molecular complexity index is 475. The Morgan fingerprint density at radius 3 is 3.15 bits per heavy atom. The first-order chi connectivity index (χ1) is 9.72. The maximum Gasteiger partial charge on any atom is 0.244 e. The molecule has 1 aromatic rings. The fourth-order valence-corrected chi connectivity index (χ4v) is 3.46. The second-order valence-electron chi connectivity index (χ2n) is 5.80. The molecule has 0 aromatic carbocycles. The number of rotatable bonds is 2. The Kier molecular flexibility index (Phi) is 4.27. The molecule has 1 N–H and O–H groups in total. The molecule has 2 aliphatic heterocycles. The SMILES string of the molecule is O=C(Cn1cc(Cl)cn1)N1CC[C@H]2NCCCC[C@@H]2C1. The fourth-order valence-electron chi connectivity index (χ4n) is 3.30. The van der Waals surface area contributed by atoms with Gasteiger partial charge in [-0.05, 0) is 31.7 Å². The van der Waals surface area contributed by atoms with E-state index in [-0.39, 0.29) is 12.5 Å². The molecule has 2 atom stereocenters. The lowest BCUT2D eigenvalue weighted by Crippen LogP contribution is -2.51. The van der Waals surface area contributed by atoms with Crippen molar-refractivity contribution in [3.05, 3.63) is 17.4 Å². The van der Waals surface area contributed by atoms with Gasteiger partial charge in [0, 0.05) is 25.3 Å². The highest BCUT2D eigenvalue weighted by Gasteiger charge is 2.31. The molecule has 0 aliphatic carbocycles. The van der Waals surface area contributed by atoms with E-state index in [1.54, 1.807) is 17.1 Å². The van der Waals surface area contributed by atoms with Crippen molar-refractivity contribution in [2.75, 3.05) is 19.6 Å². The molecule has 20 heavy (non-hydrogen) atoms. The first kappa shape index (κ1) is 13.9. The molecule has 0 spiro atoms. The van der Waals surface area contributed by atoms with Crippen LogP contribution in [0.15, 0.2) is 12.4 Å². The number of carbonyl (C=O) groups is 1. The molecule has 2 aliphatic rings. The molecule has 2 fully saturated rings. The molecule has 1 aromatic heterocycles. The Balaban J connectivity index is 1.58. The number of fused-ring (bicyclic) bond motifs is 1. The molecule has 6 heteroatoms. The molecule has 0 bridgehead atoms. The van der Waals surface area contributed by atoms with E-state index in [2.05, 4.69) is 10.4 Å². The average Bonchev–Trinajstić information content (AvgIpc) is 2.72. The van der Waals surface area contributed by atoms with Gasteiger partial charge in [-0.3, -0.25) is 9.48 Å². The predicted octanol–water partition coefficient (Wildman–Crippen LogP) is 1.53. The number of carbonyl (C=O) groups excluding carboxylic acids is 1. The molecular weight excluding hydrogens is 276 g/mol. The molecule has 5 nitrogen and oxygen atoms in total. The molecule has 3 heterocycles. The van der Waals surface area contributed by atoms with Crippen LogP contribution in [0.25, 0.3) is 0 Å². The summed E-state index contributed by atoms with van der Waals surface area (Å²) in [6.07, 6.45) is 8.08. The van der Waals surface area contributed by atoms with Crippen LogP contribution in [0.5, 0.6) is 0 Å². The second kappa shape index (κ2) is 6.14. The minimum absolute atomic E-state index is 0.146. The molecule has 1 amide bonds. The van der Waals surface area contributed by atoms with Crippen LogP contribution in [0.3, 0.4) is 0 Å². The molecule has 0 radical (unpaired) electrons. The first-order valence-corrected chi connectivity index (χ1v) is 7.79. The van der Waals surface area contributed by atoms with Crippen LogP contribution in [0, 0.1) is 5.92 Å². The van der Waals surface area contributed by atoms with E-state index in [1.165, 1.54) is 19.3 Å². The van der Waals surface area contributed by atoms with Crippen LogP contribution >= 0.6 is 11.6 Å². The molecular formula is C14H21ClN4O. The third-order valence-corrected chi connectivity index (χ3v) is 4.59. The molecule has 2 saturated heterocycles. The standard InChI is InChI=1S/C14H21ClN4O/c15-12-7-17-19(9-12)10-14(20)18-6-4-13-11(8-18)3-1-2-5-16-13/h7,9,11,13,16H,1-6,8,10H2/t11-,13-/m1/s1. The topological polar surface area (TPSA) is 50.2 Å². The van der Waals surface area contributed by atoms with Gasteiger partial charge in [0.2, 0.25) is 5.91 Å². The van der Waals surface area contributed by atoms with Gasteiger partial charge in [0.05, 0.1) is 11.2 Å².